The molecule has 0 radical (unpaired) electrons. The van der Waals surface area contributed by atoms with Gasteiger partial charge in [0.15, 0.2) is 0 Å². The third-order valence-corrected chi connectivity index (χ3v) is 4.12. The lowest BCUT2D eigenvalue weighted by molar-refractivity contribution is 0.248. The molecular formula is C22H20N4O2. The van der Waals surface area contributed by atoms with Crippen LogP contribution in [-0.4, -0.2) is 19.0 Å². The Bertz CT molecular complexity index is 987. The fraction of sp³-hybridized carbons (Fsp3) is 0.136. The Morgan fingerprint density at radius 2 is 1.36 bits per heavy atom. The van der Waals surface area contributed by atoms with Gasteiger partial charge in [-0.3, -0.25) is 5.43 Å². The van der Waals surface area contributed by atoms with Gasteiger partial charge in [-0.2, -0.15) is 5.10 Å². The predicted molar refractivity (Wildman–Crippen MR) is 110 cm³/mol. The summed E-state index contributed by atoms with van der Waals surface area (Å²) < 4.78 is 11.8. The molecule has 28 heavy (non-hydrogen) atoms. The standard InChI is InChI=1S/C22H20N4O2/c1-2-9-17(10-3-1)22-25-23-18-11-4-6-13-20(18)27-15-8-16-28-21-14-7-5-12-19(21)24-26-22/h1-7,9-14,23H,8,15-16H2. The summed E-state index contributed by atoms with van der Waals surface area (Å²) in [6.45, 7) is 1.07. The summed E-state index contributed by atoms with van der Waals surface area (Å²) in [4.78, 5) is 0. The summed E-state index contributed by atoms with van der Waals surface area (Å²) in [5.41, 5.74) is 5.34. The highest BCUT2D eigenvalue weighted by Gasteiger charge is 2.08. The summed E-state index contributed by atoms with van der Waals surface area (Å²) in [5, 5.41) is 13.3. The molecule has 0 atom stereocenters. The third kappa shape index (κ3) is 4.35. The van der Waals surface area contributed by atoms with Crippen LogP contribution in [0.15, 0.2) is 94.2 Å². The molecule has 1 N–H and O–H groups in total. The first-order valence-electron chi connectivity index (χ1n) is 9.15. The Kier molecular flexibility index (Phi) is 5.58. The molecule has 1 heterocycles. The van der Waals surface area contributed by atoms with E-state index in [0.717, 1.165) is 23.4 Å². The summed E-state index contributed by atoms with van der Waals surface area (Å²) >= 11 is 0. The monoisotopic (exact) mass is 372 g/mol. The Balaban J connectivity index is 1.74. The van der Waals surface area contributed by atoms with E-state index in [1.54, 1.807) is 0 Å². The van der Waals surface area contributed by atoms with Crippen molar-refractivity contribution in [3.05, 3.63) is 84.4 Å². The molecule has 0 saturated carbocycles. The minimum absolute atomic E-state index is 0.460. The molecule has 0 unspecified atom stereocenters. The van der Waals surface area contributed by atoms with Crippen LogP contribution in [0.5, 0.6) is 11.5 Å². The molecule has 1 aliphatic rings. The van der Waals surface area contributed by atoms with E-state index < -0.39 is 0 Å². The maximum atomic E-state index is 5.90. The van der Waals surface area contributed by atoms with Gasteiger partial charge in [0.25, 0.3) is 0 Å². The minimum Gasteiger partial charge on any atom is -0.491 e. The van der Waals surface area contributed by atoms with E-state index in [1.165, 1.54) is 0 Å². The molecule has 0 aromatic heterocycles. The quantitative estimate of drug-likeness (QED) is 0.621. The summed E-state index contributed by atoms with van der Waals surface area (Å²) in [6.07, 6.45) is 0.748. The number of hydrazone groups is 1. The second kappa shape index (κ2) is 8.81. The average molecular weight is 372 g/mol. The summed E-state index contributed by atoms with van der Waals surface area (Å²) in [5.74, 6) is 1.87. The van der Waals surface area contributed by atoms with Gasteiger partial charge in [0.2, 0.25) is 5.84 Å². The van der Waals surface area contributed by atoms with Gasteiger partial charge in [0, 0.05) is 12.0 Å². The maximum absolute atomic E-state index is 5.90. The molecule has 140 valence electrons. The number of fused-ring (bicyclic) bond motifs is 2. The maximum Gasteiger partial charge on any atom is 0.201 e. The smallest absolute Gasteiger partial charge is 0.201 e. The fourth-order valence-corrected chi connectivity index (χ4v) is 2.72. The number of hydrogen-bond acceptors (Lipinski definition) is 6. The molecular weight excluding hydrogens is 352 g/mol. The molecule has 0 aliphatic carbocycles. The van der Waals surface area contributed by atoms with Crippen molar-refractivity contribution in [2.24, 2.45) is 15.3 Å². The van der Waals surface area contributed by atoms with Gasteiger partial charge in [-0.05, 0) is 24.3 Å². The molecule has 3 aromatic rings. The second-order valence-electron chi connectivity index (χ2n) is 6.13. The van der Waals surface area contributed by atoms with Crippen molar-refractivity contribution in [2.45, 2.75) is 6.42 Å². The lowest BCUT2D eigenvalue weighted by Crippen LogP contribution is -2.07. The number of para-hydroxylation sites is 3. The van der Waals surface area contributed by atoms with Crippen molar-refractivity contribution in [1.29, 1.82) is 0 Å². The van der Waals surface area contributed by atoms with Crippen molar-refractivity contribution >= 4 is 17.2 Å². The van der Waals surface area contributed by atoms with Gasteiger partial charge in [-0.1, -0.05) is 54.6 Å². The van der Waals surface area contributed by atoms with Crippen LogP contribution in [0.1, 0.15) is 12.0 Å². The Labute approximate surface area is 163 Å². The molecule has 0 spiro atoms. The van der Waals surface area contributed by atoms with Crippen LogP contribution in [0.25, 0.3) is 0 Å². The average Bonchev–Trinajstić information content (AvgIpc) is 2.75. The van der Waals surface area contributed by atoms with Crippen molar-refractivity contribution in [3.8, 4) is 11.5 Å². The van der Waals surface area contributed by atoms with Gasteiger partial charge in [-0.15, -0.1) is 10.2 Å². The number of anilines is 1. The Morgan fingerprint density at radius 3 is 2.21 bits per heavy atom. The van der Waals surface area contributed by atoms with Gasteiger partial charge in [0.1, 0.15) is 17.2 Å². The summed E-state index contributed by atoms with van der Waals surface area (Å²) in [6, 6.07) is 24.9. The Morgan fingerprint density at radius 1 is 0.679 bits per heavy atom. The van der Waals surface area contributed by atoms with Gasteiger partial charge < -0.3 is 9.47 Å². The second-order valence-corrected chi connectivity index (χ2v) is 6.13. The third-order valence-electron chi connectivity index (χ3n) is 4.12. The van der Waals surface area contributed by atoms with Crippen molar-refractivity contribution < 1.29 is 9.47 Å². The largest absolute Gasteiger partial charge is 0.491 e. The van der Waals surface area contributed by atoms with E-state index in [4.69, 9.17) is 9.47 Å². The van der Waals surface area contributed by atoms with Crippen LogP contribution >= 0.6 is 0 Å². The highest BCUT2D eigenvalue weighted by Crippen LogP contribution is 2.28. The zero-order chi connectivity index (χ0) is 19.0. The first-order chi connectivity index (χ1) is 13.9. The van der Waals surface area contributed by atoms with E-state index >= 15 is 0 Å². The number of amidine groups is 1. The number of hydrogen-bond donors (Lipinski definition) is 1. The number of nitrogens with zero attached hydrogens (tertiary/aromatic N) is 3. The predicted octanol–water partition coefficient (Wildman–Crippen LogP) is 5.41. The number of azo groups is 1. The first-order valence-corrected chi connectivity index (χ1v) is 9.15. The van der Waals surface area contributed by atoms with Crippen molar-refractivity contribution in [2.75, 3.05) is 18.6 Å². The van der Waals surface area contributed by atoms with E-state index in [-0.39, 0.29) is 0 Å². The number of benzene rings is 3. The van der Waals surface area contributed by atoms with E-state index in [0.29, 0.717) is 30.5 Å². The molecule has 0 amide bonds. The van der Waals surface area contributed by atoms with E-state index in [9.17, 15) is 0 Å². The normalized spacial score (nSPS) is 14.2. The molecule has 6 nitrogen and oxygen atoms in total. The minimum atomic E-state index is 0.460. The zero-order valence-corrected chi connectivity index (χ0v) is 15.3. The topological polar surface area (TPSA) is 67.6 Å². The van der Waals surface area contributed by atoms with Gasteiger partial charge in [-0.25, -0.2) is 0 Å². The lowest BCUT2D eigenvalue weighted by Gasteiger charge is -2.13. The van der Waals surface area contributed by atoms with Crippen molar-refractivity contribution in [3.63, 3.8) is 0 Å². The highest BCUT2D eigenvalue weighted by molar-refractivity contribution is 5.99. The van der Waals surface area contributed by atoms with Gasteiger partial charge in [0.05, 0.1) is 18.9 Å². The van der Waals surface area contributed by atoms with Crippen LogP contribution in [0, 0.1) is 0 Å². The van der Waals surface area contributed by atoms with Crippen LogP contribution in [0.3, 0.4) is 0 Å². The fourth-order valence-electron chi connectivity index (χ4n) is 2.72. The van der Waals surface area contributed by atoms with Crippen LogP contribution in [0.2, 0.25) is 0 Å². The zero-order valence-electron chi connectivity index (χ0n) is 15.3. The SMILES string of the molecule is c1ccc(C2=NNc3ccccc3OCCCOc3ccccc3N=N2)cc1. The van der Waals surface area contributed by atoms with Crippen LogP contribution < -0.4 is 14.9 Å². The van der Waals surface area contributed by atoms with Crippen LogP contribution in [-0.2, 0) is 0 Å². The molecule has 4 rings (SSSR count). The molecule has 0 fully saturated rings. The summed E-state index contributed by atoms with van der Waals surface area (Å²) in [7, 11) is 0. The van der Waals surface area contributed by atoms with E-state index in [1.807, 2.05) is 78.9 Å². The van der Waals surface area contributed by atoms with Gasteiger partial charge >= 0.3 is 0 Å². The molecule has 3 aromatic carbocycles. The highest BCUT2D eigenvalue weighted by atomic mass is 16.5. The van der Waals surface area contributed by atoms with Crippen LogP contribution in [0.4, 0.5) is 11.4 Å². The molecule has 0 saturated heterocycles. The Hall–Kier alpha value is -3.67. The molecule has 6 heteroatoms. The number of rotatable bonds is 1. The van der Waals surface area contributed by atoms with Crippen molar-refractivity contribution in [1.82, 2.24) is 0 Å². The number of ether oxygens (including phenoxy) is 2. The molecule has 0 bridgehead atoms. The lowest BCUT2D eigenvalue weighted by atomic mass is 10.2. The number of nitrogens with one attached hydrogen (secondary N) is 1. The molecule has 1 aliphatic heterocycles. The first kappa shape index (κ1) is 17.7. The van der Waals surface area contributed by atoms with E-state index in [2.05, 4.69) is 20.8 Å².